The summed E-state index contributed by atoms with van der Waals surface area (Å²) in [5.74, 6) is -1.55. The predicted octanol–water partition coefficient (Wildman–Crippen LogP) is 6.57. The molecule has 1 saturated heterocycles. The fourth-order valence-corrected chi connectivity index (χ4v) is 5.67. The van der Waals surface area contributed by atoms with Gasteiger partial charge in [-0.1, -0.05) is 18.2 Å². The van der Waals surface area contributed by atoms with Gasteiger partial charge in [0, 0.05) is 47.2 Å². The molecule has 0 spiro atoms. The third kappa shape index (κ3) is 5.71. The van der Waals surface area contributed by atoms with Crippen molar-refractivity contribution in [1.29, 1.82) is 0 Å². The standard InChI is InChI=1S/C34H32F2N4O2/c1-20-14-23(21-3-7-28(8-4-21)40-12-10-27(37)11-13-40)16-24(15-20)34(42)39-33(29-18-25(35)6-9-32(29)41)31-17-22-2-5-26(36)19-30(22)38-31/h2-9,14-19,27,33,38,41H,10-13,37H2,1H3,(H,39,42)/t33-/m1/s1. The highest BCUT2D eigenvalue weighted by atomic mass is 19.1. The number of aromatic hydroxyl groups is 1. The Labute approximate surface area is 242 Å². The van der Waals surface area contributed by atoms with E-state index in [-0.39, 0.29) is 17.4 Å². The molecule has 1 amide bonds. The number of hydrogen-bond acceptors (Lipinski definition) is 4. The topological polar surface area (TPSA) is 94.4 Å². The molecular formula is C34H32F2N4O2. The number of halogens is 2. The van der Waals surface area contributed by atoms with E-state index < -0.39 is 23.6 Å². The van der Waals surface area contributed by atoms with Crippen LogP contribution in [0.5, 0.6) is 5.75 Å². The van der Waals surface area contributed by atoms with Gasteiger partial charge < -0.3 is 26.0 Å². The number of phenolic OH excluding ortho intramolecular Hbond substituents is 1. The fourth-order valence-electron chi connectivity index (χ4n) is 5.67. The van der Waals surface area contributed by atoms with Gasteiger partial charge in [-0.15, -0.1) is 0 Å². The van der Waals surface area contributed by atoms with Crippen molar-refractivity contribution in [2.24, 2.45) is 5.73 Å². The van der Waals surface area contributed by atoms with Gasteiger partial charge in [-0.05, 0) is 109 Å². The number of amides is 1. The van der Waals surface area contributed by atoms with Crippen LogP contribution < -0.4 is 16.0 Å². The van der Waals surface area contributed by atoms with Crippen LogP contribution in [0, 0.1) is 18.6 Å². The number of fused-ring (bicyclic) bond motifs is 1. The molecule has 214 valence electrons. The lowest BCUT2D eigenvalue weighted by Gasteiger charge is -2.32. The van der Waals surface area contributed by atoms with Crippen LogP contribution in [0.4, 0.5) is 14.5 Å². The molecule has 1 aromatic heterocycles. The number of aromatic amines is 1. The molecule has 5 aromatic rings. The maximum atomic E-state index is 14.3. The van der Waals surface area contributed by atoms with Gasteiger partial charge in [-0.2, -0.15) is 0 Å². The van der Waals surface area contributed by atoms with Crippen molar-refractivity contribution < 1.29 is 18.7 Å². The van der Waals surface area contributed by atoms with Crippen LogP contribution in [-0.4, -0.2) is 35.1 Å². The second kappa shape index (κ2) is 11.3. The molecule has 0 saturated carbocycles. The van der Waals surface area contributed by atoms with Gasteiger partial charge in [0.15, 0.2) is 0 Å². The zero-order valence-corrected chi connectivity index (χ0v) is 23.2. The van der Waals surface area contributed by atoms with Crippen LogP contribution in [0.15, 0.2) is 84.9 Å². The number of carbonyl (C=O) groups is 1. The van der Waals surface area contributed by atoms with E-state index >= 15 is 0 Å². The second-order valence-electron chi connectivity index (χ2n) is 11.0. The second-order valence-corrected chi connectivity index (χ2v) is 11.0. The maximum absolute atomic E-state index is 14.3. The van der Waals surface area contributed by atoms with Gasteiger partial charge in [0.1, 0.15) is 17.4 Å². The lowest BCUT2D eigenvalue weighted by molar-refractivity contribution is 0.0942. The maximum Gasteiger partial charge on any atom is 0.252 e. The Morgan fingerprint density at radius 2 is 1.64 bits per heavy atom. The lowest BCUT2D eigenvalue weighted by atomic mass is 9.98. The minimum absolute atomic E-state index is 0.174. The number of aromatic nitrogens is 1. The summed E-state index contributed by atoms with van der Waals surface area (Å²) in [5, 5.41) is 14.3. The predicted molar refractivity (Wildman–Crippen MR) is 162 cm³/mol. The van der Waals surface area contributed by atoms with Crippen LogP contribution in [0.3, 0.4) is 0 Å². The largest absolute Gasteiger partial charge is 0.508 e. The summed E-state index contributed by atoms with van der Waals surface area (Å²) in [5.41, 5.74) is 11.6. The van der Waals surface area contributed by atoms with Crippen LogP contribution in [-0.2, 0) is 0 Å². The van der Waals surface area contributed by atoms with E-state index in [1.165, 1.54) is 24.3 Å². The summed E-state index contributed by atoms with van der Waals surface area (Å²) in [6, 6.07) is 22.9. The normalized spacial score (nSPS) is 14.7. The van der Waals surface area contributed by atoms with Gasteiger partial charge in [0.2, 0.25) is 0 Å². The number of rotatable bonds is 6. The lowest BCUT2D eigenvalue weighted by Crippen LogP contribution is -2.39. The molecule has 0 aliphatic carbocycles. The molecule has 1 fully saturated rings. The van der Waals surface area contributed by atoms with E-state index in [4.69, 9.17) is 5.73 Å². The number of anilines is 1. The highest BCUT2D eigenvalue weighted by Gasteiger charge is 2.24. The number of aryl methyl sites for hydroxylation is 1. The van der Waals surface area contributed by atoms with Crippen molar-refractivity contribution in [2.45, 2.75) is 31.8 Å². The minimum Gasteiger partial charge on any atom is -0.508 e. The monoisotopic (exact) mass is 566 g/mol. The summed E-state index contributed by atoms with van der Waals surface area (Å²) in [6.45, 7) is 3.79. The van der Waals surface area contributed by atoms with Crippen molar-refractivity contribution in [2.75, 3.05) is 18.0 Å². The number of nitrogens with two attached hydrogens (primary N) is 1. The van der Waals surface area contributed by atoms with E-state index in [9.17, 15) is 18.7 Å². The average molecular weight is 567 g/mol. The third-order valence-electron chi connectivity index (χ3n) is 7.94. The van der Waals surface area contributed by atoms with Crippen molar-refractivity contribution in [1.82, 2.24) is 10.3 Å². The zero-order chi connectivity index (χ0) is 29.4. The van der Waals surface area contributed by atoms with E-state index in [0.29, 0.717) is 16.8 Å². The molecule has 8 heteroatoms. The number of piperidine rings is 1. The molecule has 1 aliphatic rings. The Morgan fingerprint density at radius 3 is 2.40 bits per heavy atom. The Balaban J connectivity index is 1.31. The molecule has 2 heterocycles. The van der Waals surface area contributed by atoms with Crippen LogP contribution in [0.2, 0.25) is 0 Å². The first kappa shape index (κ1) is 27.5. The Hall–Kier alpha value is -4.69. The minimum atomic E-state index is -0.926. The van der Waals surface area contributed by atoms with Crippen LogP contribution in [0.1, 0.15) is 46.1 Å². The summed E-state index contributed by atoms with van der Waals surface area (Å²) in [6.07, 6.45) is 1.95. The van der Waals surface area contributed by atoms with Gasteiger partial charge in [-0.25, -0.2) is 8.78 Å². The van der Waals surface area contributed by atoms with Crippen molar-refractivity contribution in [3.63, 3.8) is 0 Å². The third-order valence-corrected chi connectivity index (χ3v) is 7.94. The molecule has 6 rings (SSSR count). The smallest absolute Gasteiger partial charge is 0.252 e. The fraction of sp³-hybridized carbons (Fsp3) is 0.206. The number of carbonyl (C=O) groups excluding carboxylic acids is 1. The SMILES string of the molecule is Cc1cc(C(=O)N[C@@H](c2cc3ccc(F)cc3[nH]2)c2cc(F)ccc2O)cc(-c2ccc(N3CCC(N)CC3)cc2)c1. The number of nitrogens with one attached hydrogen (secondary N) is 2. The van der Waals surface area contributed by atoms with Gasteiger partial charge >= 0.3 is 0 Å². The molecule has 0 bridgehead atoms. The van der Waals surface area contributed by atoms with E-state index in [2.05, 4.69) is 39.5 Å². The Morgan fingerprint density at radius 1 is 0.929 bits per heavy atom. The number of benzene rings is 4. The Kier molecular flexibility index (Phi) is 7.39. The molecular weight excluding hydrogens is 534 g/mol. The molecule has 42 heavy (non-hydrogen) atoms. The van der Waals surface area contributed by atoms with Crippen molar-refractivity contribution in [3.05, 3.63) is 119 Å². The van der Waals surface area contributed by atoms with Gasteiger partial charge in [0.05, 0.1) is 6.04 Å². The van der Waals surface area contributed by atoms with Crippen molar-refractivity contribution >= 4 is 22.5 Å². The molecule has 1 atom stereocenters. The van der Waals surface area contributed by atoms with Gasteiger partial charge in [-0.3, -0.25) is 4.79 Å². The first-order valence-corrected chi connectivity index (χ1v) is 14.0. The molecule has 6 nitrogen and oxygen atoms in total. The zero-order valence-electron chi connectivity index (χ0n) is 23.2. The van der Waals surface area contributed by atoms with E-state index in [0.717, 1.165) is 59.8 Å². The van der Waals surface area contributed by atoms with E-state index in [1.807, 2.05) is 19.1 Å². The number of H-pyrrole nitrogens is 1. The molecule has 0 radical (unpaired) electrons. The number of phenols is 1. The van der Waals surface area contributed by atoms with Gasteiger partial charge in [0.25, 0.3) is 5.91 Å². The first-order valence-electron chi connectivity index (χ1n) is 14.0. The number of nitrogens with zero attached hydrogens (tertiary/aromatic N) is 1. The summed E-state index contributed by atoms with van der Waals surface area (Å²) in [7, 11) is 0. The van der Waals surface area contributed by atoms with E-state index in [1.54, 1.807) is 18.2 Å². The first-order chi connectivity index (χ1) is 20.2. The quantitative estimate of drug-likeness (QED) is 0.187. The van der Waals surface area contributed by atoms with Crippen LogP contribution >= 0.6 is 0 Å². The summed E-state index contributed by atoms with van der Waals surface area (Å²) >= 11 is 0. The average Bonchev–Trinajstić information content (AvgIpc) is 3.40. The molecule has 4 aromatic carbocycles. The molecule has 5 N–H and O–H groups in total. The highest BCUT2D eigenvalue weighted by Crippen LogP contribution is 2.33. The highest BCUT2D eigenvalue weighted by molar-refractivity contribution is 5.96. The summed E-state index contributed by atoms with van der Waals surface area (Å²) in [4.78, 5) is 19.2. The summed E-state index contributed by atoms with van der Waals surface area (Å²) < 4.78 is 28.2. The molecule has 1 aliphatic heterocycles. The Bertz CT molecular complexity index is 1760. The van der Waals surface area contributed by atoms with Crippen LogP contribution in [0.25, 0.3) is 22.0 Å². The van der Waals surface area contributed by atoms with Crippen molar-refractivity contribution in [3.8, 4) is 16.9 Å². The number of hydrogen-bond donors (Lipinski definition) is 4. The molecule has 0 unspecified atom stereocenters.